The van der Waals surface area contributed by atoms with Crippen molar-refractivity contribution in [3.05, 3.63) is 61.4 Å². The summed E-state index contributed by atoms with van der Waals surface area (Å²) in [6, 6.07) is 7.52. The molecule has 7 nitrogen and oxygen atoms in total. The first-order chi connectivity index (χ1) is 13.3. The molecule has 3 rings (SSSR count). The maximum Gasteiger partial charge on any atom is 0.319 e. The van der Waals surface area contributed by atoms with Gasteiger partial charge in [-0.2, -0.15) is 5.10 Å². The lowest BCUT2D eigenvalue weighted by atomic mass is 10.3. The van der Waals surface area contributed by atoms with Crippen LogP contribution in [0.1, 0.15) is 10.7 Å². The van der Waals surface area contributed by atoms with E-state index in [1.165, 1.54) is 22.1 Å². The third-order valence-electron chi connectivity index (χ3n) is 3.79. The van der Waals surface area contributed by atoms with Crippen molar-refractivity contribution in [1.29, 1.82) is 0 Å². The van der Waals surface area contributed by atoms with Crippen LogP contribution in [-0.4, -0.2) is 27.3 Å². The van der Waals surface area contributed by atoms with E-state index in [1.807, 2.05) is 13.8 Å². The zero-order valence-electron chi connectivity index (χ0n) is 15.1. The van der Waals surface area contributed by atoms with Gasteiger partial charge in [-0.1, -0.05) is 23.2 Å². The third kappa shape index (κ3) is 4.89. The Labute approximate surface area is 175 Å². The van der Waals surface area contributed by atoms with Crippen molar-refractivity contribution in [3.63, 3.8) is 0 Å². The van der Waals surface area contributed by atoms with Crippen LogP contribution in [0.5, 0.6) is 0 Å². The molecule has 0 unspecified atom stereocenters. The fourth-order valence-electron chi connectivity index (χ4n) is 2.52. The molecule has 2 aromatic heterocycles. The van der Waals surface area contributed by atoms with Gasteiger partial charge < -0.3 is 10.6 Å². The lowest BCUT2D eigenvalue weighted by Crippen LogP contribution is -2.34. The Morgan fingerprint density at radius 1 is 1.18 bits per heavy atom. The topological polar surface area (TPSA) is 88.9 Å². The normalized spacial score (nSPS) is 10.7. The fourth-order valence-corrected chi connectivity index (χ4v) is 3.71. The molecule has 28 heavy (non-hydrogen) atoms. The molecule has 0 atom stereocenters. The second-order valence-electron chi connectivity index (χ2n) is 5.94. The van der Waals surface area contributed by atoms with Gasteiger partial charge in [0.05, 0.1) is 32.2 Å². The number of hydrogen-bond donors (Lipinski definition) is 2. The molecule has 0 saturated heterocycles. The molecule has 2 amide bonds. The summed E-state index contributed by atoms with van der Waals surface area (Å²) in [5.74, 6) is 0. The van der Waals surface area contributed by atoms with Crippen LogP contribution in [0.25, 0.3) is 10.6 Å². The van der Waals surface area contributed by atoms with E-state index in [2.05, 4.69) is 20.7 Å². The number of rotatable bonds is 5. The minimum Gasteiger partial charge on any atom is -0.336 e. The van der Waals surface area contributed by atoms with Gasteiger partial charge >= 0.3 is 6.03 Å². The lowest BCUT2D eigenvalue weighted by Gasteiger charge is -2.10. The van der Waals surface area contributed by atoms with Crippen molar-refractivity contribution >= 4 is 46.3 Å². The van der Waals surface area contributed by atoms with Gasteiger partial charge in [0.15, 0.2) is 0 Å². The van der Waals surface area contributed by atoms with Gasteiger partial charge in [-0.25, -0.2) is 14.5 Å². The lowest BCUT2D eigenvalue weighted by molar-refractivity contribution is 0.251. The van der Waals surface area contributed by atoms with Gasteiger partial charge in [-0.05, 0) is 38.1 Å². The number of aryl methyl sites for hydroxylation is 2. The molecule has 0 aliphatic rings. The van der Waals surface area contributed by atoms with E-state index >= 15 is 0 Å². The van der Waals surface area contributed by atoms with Crippen LogP contribution >= 0.6 is 34.5 Å². The number of nitrogens with one attached hydrogen (secondary N) is 2. The summed E-state index contributed by atoms with van der Waals surface area (Å²) < 4.78 is 1.32. The molecular weight excluding hydrogens is 421 g/mol. The van der Waals surface area contributed by atoms with Crippen LogP contribution in [0.2, 0.25) is 10.0 Å². The van der Waals surface area contributed by atoms with Crippen molar-refractivity contribution in [2.75, 3.05) is 11.9 Å². The van der Waals surface area contributed by atoms with Gasteiger partial charge in [0.1, 0.15) is 5.69 Å². The largest absolute Gasteiger partial charge is 0.336 e. The molecule has 10 heteroatoms. The quantitative estimate of drug-likeness (QED) is 0.628. The van der Waals surface area contributed by atoms with Crippen LogP contribution in [0.3, 0.4) is 0 Å². The number of anilines is 1. The van der Waals surface area contributed by atoms with Crippen LogP contribution in [0, 0.1) is 13.8 Å². The summed E-state index contributed by atoms with van der Waals surface area (Å²) in [7, 11) is 0. The average molecular weight is 438 g/mol. The van der Waals surface area contributed by atoms with E-state index < -0.39 is 6.03 Å². The molecule has 146 valence electrons. The van der Waals surface area contributed by atoms with Crippen molar-refractivity contribution in [2.24, 2.45) is 0 Å². The summed E-state index contributed by atoms with van der Waals surface area (Å²) in [6.07, 6.45) is 0. The highest BCUT2D eigenvalue weighted by molar-refractivity contribution is 7.15. The predicted molar refractivity (Wildman–Crippen MR) is 113 cm³/mol. The molecule has 2 N–H and O–H groups in total. The molecule has 2 heterocycles. The first-order valence-corrected chi connectivity index (χ1v) is 9.93. The summed E-state index contributed by atoms with van der Waals surface area (Å²) in [5, 5.41) is 11.4. The van der Waals surface area contributed by atoms with E-state index in [1.54, 1.807) is 24.3 Å². The first kappa shape index (κ1) is 20.3. The summed E-state index contributed by atoms with van der Waals surface area (Å²) in [5.41, 5.74) is 1.83. The second kappa shape index (κ2) is 8.72. The van der Waals surface area contributed by atoms with E-state index in [0.717, 1.165) is 15.6 Å². The Balaban J connectivity index is 1.62. The van der Waals surface area contributed by atoms with E-state index in [4.69, 9.17) is 23.2 Å². The summed E-state index contributed by atoms with van der Waals surface area (Å²) in [4.78, 5) is 29.4. The minimum atomic E-state index is -0.420. The SMILES string of the molecule is Cc1nc(C)c(-c2ccc(=O)n(CCNC(=O)Nc3ccc(Cl)c(Cl)c3)n2)s1. The Bertz CT molecular complexity index is 1080. The minimum absolute atomic E-state index is 0.226. The molecule has 0 saturated carbocycles. The van der Waals surface area contributed by atoms with Crippen molar-refractivity contribution < 1.29 is 4.79 Å². The Morgan fingerprint density at radius 3 is 2.64 bits per heavy atom. The van der Waals surface area contributed by atoms with Gasteiger partial charge in [-0.15, -0.1) is 11.3 Å². The number of carbonyl (C=O) groups excluding carboxylic acids is 1. The second-order valence-corrected chi connectivity index (χ2v) is 7.95. The molecule has 0 fully saturated rings. The molecule has 0 bridgehead atoms. The molecule has 1 aromatic carbocycles. The molecule has 0 radical (unpaired) electrons. The smallest absolute Gasteiger partial charge is 0.319 e. The summed E-state index contributed by atoms with van der Waals surface area (Å²) in [6.45, 7) is 4.29. The highest BCUT2D eigenvalue weighted by Crippen LogP contribution is 2.27. The number of benzene rings is 1. The zero-order valence-corrected chi connectivity index (χ0v) is 17.5. The van der Waals surface area contributed by atoms with Crippen LogP contribution < -0.4 is 16.2 Å². The number of carbonyl (C=O) groups is 1. The predicted octanol–water partition coefficient (Wildman–Crippen LogP) is 4.11. The Morgan fingerprint density at radius 2 is 1.96 bits per heavy atom. The van der Waals surface area contributed by atoms with Crippen LogP contribution in [-0.2, 0) is 6.54 Å². The molecule has 0 aliphatic carbocycles. The van der Waals surface area contributed by atoms with E-state index in [-0.39, 0.29) is 18.6 Å². The number of halogens is 2. The van der Waals surface area contributed by atoms with Crippen LogP contribution in [0.15, 0.2) is 35.1 Å². The monoisotopic (exact) mass is 437 g/mol. The van der Waals surface area contributed by atoms with Gasteiger partial charge in [0.25, 0.3) is 5.56 Å². The maximum atomic E-state index is 12.1. The third-order valence-corrected chi connectivity index (χ3v) is 5.62. The highest BCUT2D eigenvalue weighted by atomic mass is 35.5. The number of thiazole rings is 1. The highest BCUT2D eigenvalue weighted by Gasteiger charge is 2.11. The first-order valence-electron chi connectivity index (χ1n) is 8.36. The summed E-state index contributed by atoms with van der Waals surface area (Å²) >= 11 is 13.3. The number of amides is 2. The number of urea groups is 1. The Kier molecular flexibility index (Phi) is 6.33. The number of nitrogens with zero attached hydrogens (tertiary/aromatic N) is 3. The van der Waals surface area contributed by atoms with Crippen LogP contribution in [0.4, 0.5) is 10.5 Å². The standard InChI is InChI=1S/C18H17Cl2N5O2S/c1-10-17(28-11(2)22-10)15-5-6-16(26)25(24-15)8-7-21-18(27)23-12-3-4-13(19)14(20)9-12/h3-6,9H,7-8H2,1-2H3,(H2,21,23,27). The Hall–Kier alpha value is -2.42. The maximum absolute atomic E-state index is 12.1. The van der Waals surface area contributed by atoms with Crippen molar-refractivity contribution in [3.8, 4) is 10.6 Å². The van der Waals surface area contributed by atoms with E-state index in [9.17, 15) is 9.59 Å². The molecule has 0 aliphatic heterocycles. The fraction of sp³-hybridized carbons (Fsp3) is 0.222. The van der Waals surface area contributed by atoms with Gasteiger partial charge in [-0.3, -0.25) is 4.79 Å². The van der Waals surface area contributed by atoms with Crippen molar-refractivity contribution in [2.45, 2.75) is 20.4 Å². The van der Waals surface area contributed by atoms with Gasteiger partial charge in [0.2, 0.25) is 0 Å². The number of hydrogen-bond acceptors (Lipinski definition) is 5. The molecule has 3 aromatic rings. The number of aromatic nitrogens is 3. The van der Waals surface area contributed by atoms with Crippen molar-refractivity contribution in [1.82, 2.24) is 20.1 Å². The van der Waals surface area contributed by atoms with E-state index in [0.29, 0.717) is 21.4 Å². The van der Waals surface area contributed by atoms with Gasteiger partial charge in [0, 0.05) is 18.3 Å². The molecule has 0 spiro atoms. The average Bonchev–Trinajstić information content (AvgIpc) is 2.98. The zero-order chi connectivity index (χ0) is 20.3. The molecular formula is C18H17Cl2N5O2S.